The highest BCUT2D eigenvalue weighted by Gasteiger charge is 2.28. The molecule has 0 fully saturated rings. The molecule has 1 atom stereocenters. The third kappa shape index (κ3) is 4.53. The number of rotatable bonds is 7. The highest BCUT2D eigenvalue weighted by molar-refractivity contribution is 5.79. The van der Waals surface area contributed by atoms with E-state index < -0.39 is 5.54 Å². The topological polar surface area (TPSA) is 55.6 Å². The lowest BCUT2D eigenvalue weighted by Gasteiger charge is -2.26. The fraction of sp³-hybridized carbons (Fsp3) is 0.562. The van der Waals surface area contributed by atoms with Gasteiger partial charge < -0.3 is 15.4 Å². The Labute approximate surface area is 121 Å². The number of anilines is 1. The van der Waals surface area contributed by atoms with Gasteiger partial charge in [-0.2, -0.15) is 0 Å². The Hall–Kier alpha value is -1.55. The second kappa shape index (κ2) is 7.29. The molecule has 20 heavy (non-hydrogen) atoms. The van der Waals surface area contributed by atoms with E-state index in [-0.39, 0.29) is 5.97 Å². The number of nitrogens with zero attached hydrogens (tertiary/aromatic N) is 1. The lowest BCUT2D eigenvalue weighted by molar-refractivity contribution is -0.146. The van der Waals surface area contributed by atoms with Gasteiger partial charge in [0.2, 0.25) is 0 Å². The van der Waals surface area contributed by atoms with Crippen LogP contribution < -0.4 is 10.6 Å². The molecule has 0 aliphatic carbocycles. The summed E-state index contributed by atoms with van der Waals surface area (Å²) in [7, 11) is 1.37. The first-order chi connectivity index (χ1) is 9.40. The Morgan fingerprint density at radius 1 is 1.45 bits per heavy atom. The Kier molecular flexibility index (Phi) is 6.02. The van der Waals surface area contributed by atoms with Crippen molar-refractivity contribution in [3.63, 3.8) is 0 Å². The van der Waals surface area contributed by atoms with Crippen molar-refractivity contribution in [1.29, 1.82) is 0 Å². The van der Waals surface area contributed by atoms with Gasteiger partial charge in [0.15, 0.2) is 0 Å². The van der Waals surface area contributed by atoms with E-state index in [1.165, 1.54) is 18.4 Å². The molecule has 2 N–H and O–H groups in total. The summed E-state index contributed by atoms with van der Waals surface area (Å²) >= 11 is 0. The van der Waals surface area contributed by atoms with Crippen molar-refractivity contribution in [2.24, 2.45) is 5.73 Å². The SMILES string of the molecule is CCN(CCCC(C)(N)C(=O)OC)c1cccc(C)c1. The van der Waals surface area contributed by atoms with Gasteiger partial charge in [0.25, 0.3) is 0 Å². The van der Waals surface area contributed by atoms with Crippen LogP contribution >= 0.6 is 0 Å². The van der Waals surface area contributed by atoms with E-state index in [4.69, 9.17) is 10.5 Å². The third-order valence-corrected chi connectivity index (χ3v) is 3.52. The maximum absolute atomic E-state index is 11.5. The van der Waals surface area contributed by atoms with Gasteiger partial charge in [-0.3, -0.25) is 4.79 Å². The van der Waals surface area contributed by atoms with Crippen molar-refractivity contribution >= 4 is 11.7 Å². The number of carbonyl (C=O) groups is 1. The maximum atomic E-state index is 11.5. The van der Waals surface area contributed by atoms with Crippen LogP contribution in [0.2, 0.25) is 0 Å². The predicted molar refractivity (Wildman–Crippen MR) is 82.9 cm³/mol. The summed E-state index contributed by atoms with van der Waals surface area (Å²) in [6.45, 7) is 7.75. The smallest absolute Gasteiger partial charge is 0.325 e. The van der Waals surface area contributed by atoms with E-state index in [9.17, 15) is 4.79 Å². The normalized spacial score (nSPS) is 13.7. The van der Waals surface area contributed by atoms with Crippen LogP contribution in [0, 0.1) is 6.92 Å². The number of esters is 1. The molecule has 0 aliphatic rings. The molecule has 4 nitrogen and oxygen atoms in total. The second-order valence-electron chi connectivity index (χ2n) is 5.43. The number of carbonyl (C=O) groups excluding carboxylic acids is 1. The van der Waals surface area contributed by atoms with Crippen LogP contribution in [0.5, 0.6) is 0 Å². The van der Waals surface area contributed by atoms with E-state index in [2.05, 4.69) is 43.0 Å². The Balaban J connectivity index is 2.57. The van der Waals surface area contributed by atoms with Gasteiger partial charge in [-0.05, 0) is 51.3 Å². The molecule has 1 rings (SSSR count). The summed E-state index contributed by atoms with van der Waals surface area (Å²) in [4.78, 5) is 13.8. The summed E-state index contributed by atoms with van der Waals surface area (Å²) in [5, 5.41) is 0. The zero-order valence-electron chi connectivity index (χ0n) is 13.0. The van der Waals surface area contributed by atoms with E-state index in [1.54, 1.807) is 6.92 Å². The quantitative estimate of drug-likeness (QED) is 0.779. The van der Waals surface area contributed by atoms with Crippen LogP contribution in [0.4, 0.5) is 5.69 Å². The third-order valence-electron chi connectivity index (χ3n) is 3.52. The highest BCUT2D eigenvalue weighted by Crippen LogP contribution is 2.18. The fourth-order valence-corrected chi connectivity index (χ4v) is 2.27. The molecule has 0 saturated heterocycles. The number of hydrogen-bond acceptors (Lipinski definition) is 4. The van der Waals surface area contributed by atoms with Gasteiger partial charge in [0.05, 0.1) is 7.11 Å². The highest BCUT2D eigenvalue weighted by atomic mass is 16.5. The van der Waals surface area contributed by atoms with Gasteiger partial charge >= 0.3 is 5.97 Å². The summed E-state index contributed by atoms with van der Waals surface area (Å²) in [5.41, 5.74) is 7.53. The number of benzene rings is 1. The van der Waals surface area contributed by atoms with Crippen LogP contribution in [-0.4, -0.2) is 31.7 Å². The molecule has 0 saturated carbocycles. The lowest BCUT2D eigenvalue weighted by Crippen LogP contribution is -2.46. The largest absolute Gasteiger partial charge is 0.468 e. The molecule has 1 aromatic carbocycles. The minimum atomic E-state index is -0.902. The number of nitrogens with two attached hydrogens (primary N) is 1. The molecule has 0 aliphatic heterocycles. The molecule has 4 heteroatoms. The zero-order valence-corrected chi connectivity index (χ0v) is 13.0. The predicted octanol–water partition coefficient (Wildman–Crippen LogP) is 2.49. The summed E-state index contributed by atoms with van der Waals surface area (Å²) in [5.74, 6) is -0.351. The van der Waals surface area contributed by atoms with E-state index in [1.807, 2.05) is 0 Å². The molecule has 0 radical (unpaired) electrons. The number of ether oxygens (including phenoxy) is 1. The van der Waals surface area contributed by atoms with Crippen LogP contribution in [0.15, 0.2) is 24.3 Å². The average molecular weight is 278 g/mol. The monoisotopic (exact) mass is 278 g/mol. The van der Waals surface area contributed by atoms with Gasteiger partial charge in [0.1, 0.15) is 5.54 Å². The standard InChI is InChI=1S/C16H26N2O2/c1-5-18(14-9-6-8-13(2)12-14)11-7-10-16(3,17)15(19)20-4/h6,8-9,12H,5,7,10-11,17H2,1-4H3. The molecule has 0 heterocycles. The molecule has 0 spiro atoms. The summed E-state index contributed by atoms with van der Waals surface area (Å²) in [6, 6.07) is 8.43. The molecule has 0 amide bonds. The van der Waals surface area contributed by atoms with Crippen molar-refractivity contribution in [3.8, 4) is 0 Å². The molecular formula is C16H26N2O2. The Bertz CT molecular complexity index is 444. The first kappa shape index (κ1) is 16.5. The number of methoxy groups -OCH3 is 1. The molecule has 0 aromatic heterocycles. The first-order valence-corrected chi connectivity index (χ1v) is 7.09. The van der Waals surface area contributed by atoms with Crippen LogP contribution in [0.1, 0.15) is 32.3 Å². The minimum Gasteiger partial charge on any atom is -0.468 e. The van der Waals surface area contributed by atoms with E-state index >= 15 is 0 Å². The van der Waals surface area contributed by atoms with Crippen molar-refractivity contribution < 1.29 is 9.53 Å². The molecule has 112 valence electrons. The summed E-state index contributed by atoms with van der Waals surface area (Å²) in [6.07, 6.45) is 1.46. The fourth-order valence-electron chi connectivity index (χ4n) is 2.27. The van der Waals surface area contributed by atoms with Crippen LogP contribution in [0.3, 0.4) is 0 Å². The molecule has 1 aromatic rings. The van der Waals surface area contributed by atoms with Crippen molar-refractivity contribution in [2.75, 3.05) is 25.1 Å². The Morgan fingerprint density at radius 2 is 2.15 bits per heavy atom. The lowest BCUT2D eigenvalue weighted by atomic mass is 9.97. The molecule has 0 bridgehead atoms. The van der Waals surface area contributed by atoms with Gasteiger partial charge in [-0.25, -0.2) is 0 Å². The zero-order chi connectivity index (χ0) is 15.2. The van der Waals surface area contributed by atoms with Gasteiger partial charge in [-0.1, -0.05) is 12.1 Å². The minimum absolute atomic E-state index is 0.351. The molecular weight excluding hydrogens is 252 g/mol. The van der Waals surface area contributed by atoms with Crippen molar-refractivity contribution in [2.45, 2.75) is 39.2 Å². The van der Waals surface area contributed by atoms with Crippen LogP contribution in [-0.2, 0) is 9.53 Å². The molecule has 1 unspecified atom stereocenters. The van der Waals surface area contributed by atoms with E-state index in [0.29, 0.717) is 6.42 Å². The van der Waals surface area contributed by atoms with Gasteiger partial charge in [0, 0.05) is 18.8 Å². The van der Waals surface area contributed by atoms with Crippen molar-refractivity contribution in [3.05, 3.63) is 29.8 Å². The maximum Gasteiger partial charge on any atom is 0.325 e. The number of aryl methyl sites for hydroxylation is 1. The average Bonchev–Trinajstić information content (AvgIpc) is 2.42. The number of hydrogen-bond donors (Lipinski definition) is 1. The Morgan fingerprint density at radius 3 is 2.70 bits per heavy atom. The van der Waals surface area contributed by atoms with E-state index in [0.717, 1.165) is 19.5 Å². The first-order valence-electron chi connectivity index (χ1n) is 7.09. The second-order valence-corrected chi connectivity index (χ2v) is 5.43. The summed E-state index contributed by atoms with van der Waals surface area (Å²) < 4.78 is 4.72. The van der Waals surface area contributed by atoms with Crippen LogP contribution in [0.25, 0.3) is 0 Å². The van der Waals surface area contributed by atoms with Gasteiger partial charge in [-0.15, -0.1) is 0 Å². The van der Waals surface area contributed by atoms with Crippen molar-refractivity contribution in [1.82, 2.24) is 0 Å².